The lowest BCUT2D eigenvalue weighted by Gasteiger charge is -2.31. The Balaban J connectivity index is 1.48. The number of hydrogen-bond acceptors (Lipinski definition) is 6. The molecule has 110 valence electrons. The molecule has 0 amide bonds. The van der Waals surface area contributed by atoms with Crippen LogP contribution in [0.3, 0.4) is 0 Å². The van der Waals surface area contributed by atoms with Crippen molar-refractivity contribution in [2.45, 2.75) is 12.8 Å². The number of aromatic nitrogens is 4. The summed E-state index contributed by atoms with van der Waals surface area (Å²) in [5.41, 5.74) is 0. The van der Waals surface area contributed by atoms with Crippen LogP contribution in [0.4, 0.5) is 5.95 Å². The van der Waals surface area contributed by atoms with E-state index in [1.807, 2.05) is 0 Å². The summed E-state index contributed by atoms with van der Waals surface area (Å²) < 4.78 is 5.66. The molecule has 3 rings (SSSR count). The lowest BCUT2D eigenvalue weighted by atomic mass is 9.98. The van der Waals surface area contributed by atoms with Gasteiger partial charge in [0, 0.05) is 25.5 Å². The van der Waals surface area contributed by atoms with E-state index in [4.69, 9.17) is 16.3 Å². The molecule has 7 heteroatoms. The van der Waals surface area contributed by atoms with Crippen molar-refractivity contribution in [3.63, 3.8) is 0 Å². The number of nitrogens with zero attached hydrogens (tertiary/aromatic N) is 5. The summed E-state index contributed by atoms with van der Waals surface area (Å²) in [5.74, 6) is 1.85. The molecule has 0 N–H and O–H groups in total. The molecule has 21 heavy (non-hydrogen) atoms. The van der Waals surface area contributed by atoms with Crippen molar-refractivity contribution < 1.29 is 4.74 Å². The first kappa shape index (κ1) is 14.0. The zero-order valence-electron chi connectivity index (χ0n) is 11.5. The van der Waals surface area contributed by atoms with Crippen molar-refractivity contribution in [3.8, 4) is 5.88 Å². The van der Waals surface area contributed by atoms with Crippen LogP contribution in [0.1, 0.15) is 12.8 Å². The van der Waals surface area contributed by atoms with E-state index in [0.29, 0.717) is 23.4 Å². The number of piperidine rings is 1. The molecule has 1 fully saturated rings. The molecule has 0 unspecified atom stereocenters. The molecular weight excluding hydrogens is 290 g/mol. The minimum Gasteiger partial charge on any atom is -0.476 e. The van der Waals surface area contributed by atoms with E-state index in [9.17, 15) is 0 Å². The Hall–Kier alpha value is -1.95. The molecule has 0 bridgehead atoms. The highest BCUT2D eigenvalue weighted by Crippen LogP contribution is 2.21. The number of ether oxygens (including phenoxy) is 1. The standard InChI is InChI=1S/C14H16ClN5O/c15-12-7-18-14(19-8-12)20-5-1-11(2-6-20)10-21-13-9-16-3-4-17-13/h3-4,7-9,11H,1-2,5-6,10H2. The van der Waals surface area contributed by atoms with Gasteiger partial charge in [-0.2, -0.15) is 0 Å². The van der Waals surface area contributed by atoms with Crippen LogP contribution in [0.2, 0.25) is 5.02 Å². The van der Waals surface area contributed by atoms with Crippen LogP contribution in [0.5, 0.6) is 5.88 Å². The van der Waals surface area contributed by atoms with Gasteiger partial charge in [-0.15, -0.1) is 0 Å². The van der Waals surface area contributed by atoms with Crippen molar-refractivity contribution in [1.29, 1.82) is 0 Å². The van der Waals surface area contributed by atoms with E-state index in [0.717, 1.165) is 31.9 Å². The van der Waals surface area contributed by atoms with Crippen LogP contribution < -0.4 is 9.64 Å². The van der Waals surface area contributed by atoms with Gasteiger partial charge >= 0.3 is 0 Å². The minimum atomic E-state index is 0.524. The van der Waals surface area contributed by atoms with Gasteiger partial charge in [-0.25, -0.2) is 15.0 Å². The number of halogens is 1. The fourth-order valence-corrected chi connectivity index (χ4v) is 2.43. The van der Waals surface area contributed by atoms with Crippen LogP contribution in [-0.2, 0) is 0 Å². The molecule has 6 nitrogen and oxygen atoms in total. The van der Waals surface area contributed by atoms with Gasteiger partial charge in [0.25, 0.3) is 0 Å². The van der Waals surface area contributed by atoms with Gasteiger partial charge in [0.15, 0.2) is 0 Å². The maximum atomic E-state index is 5.80. The highest BCUT2D eigenvalue weighted by Gasteiger charge is 2.21. The van der Waals surface area contributed by atoms with E-state index in [1.165, 1.54) is 0 Å². The van der Waals surface area contributed by atoms with Gasteiger partial charge in [-0.1, -0.05) is 11.6 Å². The quantitative estimate of drug-likeness (QED) is 0.863. The van der Waals surface area contributed by atoms with E-state index in [1.54, 1.807) is 31.0 Å². The van der Waals surface area contributed by atoms with Gasteiger partial charge in [-0.3, -0.25) is 4.98 Å². The zero-order chi connectivity index (χ0) is 14.5. The van der Waals surface area contributed by atoms with Gasteiger partial charge in [0.1, 0.15) is 0 Å². The Morgan fingerprint density at radius 3 is 2.52 bits per heavy atom. The van der Waals surface area contributed by atoms with Crippen molar-refractivity contribution in [2.75, 3.05) is 24.6 Å². The molecule has 0 atom stereocenters. The van der Waals surface area contributed by atoms with Gasteiger partial charge in [0.2, 0.25) is 11.8 Å². The first-order valence-electron chi connectivity index (χ1n) is 6.92. The van der Waals surface area contributed by atoms with E-state index in [2.05, 4.69) is 24.8 Å². The monoisotopic (exact) mass is 305 g/mol. The fourth-order valence-electron chi connectivity index (χ4n) is 2.33. The summed E-state index contributed by atoms with van der Waals surface area (Å²) in [6.45, 7) is 2.53. The molecule has 1 saturated heterocycles. The minimum absolute atomic E-state index is 0.524. The summed E-state index contributed by atoms with van der Waals surface area (Å²) in [6.07, 6.45) is 10.3. The molecule has 1 aliphatic rings. The second-order valence-corrected chi connectivity index (χ2v) is 5.42. The molecule has 0 spiro atoms. The molecule has 0 aliphatic carbocycles. The lowest BCUT2D eigenvalue weighted by molar-refractivity contribution is 0.215. The predicted octanol–water partition coefficient (Wildman–Crippen LogP) is 2.22. The Kier molecular flexibility index (Phi) is 4.45. The SMILES string of the molecule is Clc1cnc(N2CCC(COc3cnccn3)CC2)nc1. The van der Waals surface area contributed by atoms with E-state index >= 15 is 0 Å². The molecule has 0 radical (unpaired) electrons. The second-order valence-electron chi connectivity index (χ2n) is 4.99. The van der Waals surface area contributed by atoms with E-state index in [-0.39, 0.29) is 0 Å². The highest BCUT2D eigenvalue weighted by atomic mass is 35.5. The van der Waals surface area contributed by atoms with Crippen LogP contribution in [0.15, 0.2) is 31.0 Å². The summed E-state index contributed by atoms with van der Waals surface area (Å²) >= 11 is 5.80. The number of anilines is 1. The first-order valence-corrected chi connectivity index (χ1v) is 7.30. The van der Waals surface area contributed by atoms with Gasteiger partial charge in [-0.05, 0) is 18.8 Å². The summed E-state index contributed by atoms with van der Waals surface area (Å²) in [7, 11) is 0. The molecule has 2 aromatic rings. The maximum Gasteiger partial charge on any atom is 0.232 e. The molecule has 0 aromatic carbocycles. The normalized spacial score (nSPS) is 16.0. The smallest absolute Gasteiger partial charge is 0.232 e. The maximum absolute atomic E-state index is 5.80. The Morgan fingerprint density at radius 1 is 1.10 bits per heavy atom. The third-order valence-electron chi connectivity index (χ3n) is 3.51. The Labute approximate surface area is 128 Å². The fraction of sp³-hybridized carbons (Fsp3) is 0.429. The average Bonchev–Trinajstić information content (AvgIpc) is 2.55. The van der Waals surface area contributed by atoms with Gasteiger partial charge in [0.05, 0.1) is 30.2 Å². The molecule has 0 saturated carbocycles. The number of hydrogen-bond donors (Lipinski definition) is 0. The molecular formula is C14H16ClN5O. The Morgan fingerprint density at radius 2 is 1.86 bits per heavy atom. The Bertz CT molecular complexity index is 557. The third-order valence-corrected chi connectivity index (χ3v) is 3.71. The van der Waals surface area contributed by atoms with Crippen LogP contribution in [0, 0.1) is 5.92 Å². The third kappa shape index (κ3) is 3.78. The largest absolute Gasteiger partial charge is 0.476 e. The van der Waals surface area contributed by atoms with Crippen LogP contribution in [0.25, 0.3) is 0 Å². The van der Waals surface area contributed by atoms with Crippen molar-refractivity contribution in [2.24, 2.45) is 5.92 Å². The highest BCUT2D eigenvalue weighted by molar-refractivity contribution is 6.30. The first-order chi connectivity index (χ1) is 10.3. The van der Waals surface area contributed by atoms with Crippen molar-refractivity contribution >= 4 is 17.5 Å². The van der Waals surface area contributed by atoms with Crippen LogP contribution >= 0.6 is 11.6 Å². The topological polar surface area (TPSA) is 64.0 Å². The van der Waals surface area contributed by atoms with Crippen molar-refractivity contribution in [3.05, 3.63) is 36.0 Å². The van der Waals surface area contributed by atoms with Crippen molar-refractivity contribution in [1.82, 2.24) is 19.9 Å². The molecule has 3 heterocycles. The predicted molar refractivity (Wildman–Crippen MR) is 79.5 cm³/mol. The van der Waals surface area contributed by atoms with E-state index < -0.39 is 0 Å². The lowest BCUT2D eigenvalue weighted by Crippen LogP contribution is -2.36. The molecule has 1 aliphatic heterocycles. The molecule has 2 aromatic heterocycles. The summed E-state index contributed by atoms with van der Waals surface area (Å²) in [5, 5.41) is 0.561. The second kappa shape index (κ2) is 6.67. The summed E-state index contributed by atoms with van der Waals surface area (Å²) in [4.78, 5) is 18.8. The van der Waals surface area contributed by atoms with Gasteiger partial charge < -0.3 is 9.64 Å². The number of rotatable bonds is 4. The average molecular weight is 306 g/mol. The summed E-state index contributed by atoms with van der Waals surface area (Å²) in [6, 6.07) is 0. The zero-order valence-corrected chi connectivity index (χ0v) is 12.3. The van der Waals surface area contributed by atoms with Crippen LogP contribution in [-0.4, -0.2) is 39.6 Å².